The smallest absolute Gasteiger partial charge is 0.321 e. The van der Waals surface area contributed by atoms with Crippen LogP contribution in [0.1, 0.15) is 24.2 Å². The quantitative estimate of drug-likeness (QED) is 0.561. The summed E-state index contributed by atoms with van der Waals surface area (Å²) in [6, 6.07) is 6.85. The number of hydrogen-bond donors (Lipinski definition) is 1. The molecule has 0 spiro atoms. The van der Waals surface area contributed by atoms with E-state index in [1.807, 2.05) is 0 Å². The van der Waals surface area contributed by atoms with Gasteiger partial charge in [-0.25, -0.2) is 22.5 Å². The standard InChI is InChI=1S/C22H28Cl2N6O4S/c1-15(2)28-9-11-29(12-10-28)22(32)26-19-7-6-17(35(33,34)27(3)4)13-18(19)21(31)30(24)20-8-5-16(23)14-25-20/h5-8,13-15H,9-12H2,1-4H3,(H,26,32). The van der Waals surface area contributed by atoms with Gasteiger partial charge in [-0.15, -0.1) is 0 Å². The molecule has 1 aliphatic heterocycles. The van der Waals surface area contributed by atoms with Crippen molar-refractivity contribution in [2.24, 2.45) is 0 Å². The van der Waals surface area contributed by atoms with Crippen LogP contribution >= 0.6 is 23.4 Å². The number of pyridine rings is 1. The predicted octanol–water partition coefficient (Wildman–Crippen LogP) is 3.34. The maximum atomic E-state index is 13.3. The molecule has 0 radical (unpaired) electrons. The Balaban J connectivity index is 1.92. The molecule has 3 amide bonds. The maximum absolute atomic E-state index is 13.3. The third-order valence-electron chi connectivity index (χ3n) is 5.66. The molecule has 0 aliphatic carbocycles. The van der Waals surface area contributed by atoms with E-state index >= 15 is 0 Å². The molecular weight excluding hydrogens is 515 g/mol. The third-order valence-corrected chi connectivity index (χ3v) is 8.03. The highest BCUT2D eigenvalue weighted by Crippen LogP contribution is 2.27. The van der Waals surface area contributed by atoms with Gasteiger partial charge in [-0.05, 0) is 44.2 Å². The van der Waals surface area contributed by atoms with Crippen molar-refractivity contribution in [3.8, 4) is 0 Å². The van der Waals surface area contributed by atoms with E-state index in [-0.39, 0.29) is 22.0 Å². The first kappa shape index (κ1) is 27.2. The summed E-state index contributed by atoms with van der Waals surface area (Å²) in [4.78, 5) is 34.1. The van der Waals surface area contributed by atoms with Gasteiger partial charge in [-0.2, -0.15) is 4.42 Å². The summed E-state index contributed by atoms with van der Waals surface area (Å²) >= 11 is 12.1. The number of rotatable bonds is 6. The average molecular weight is 543 g/mol. The van der Waals surface area contributed by atoms with Gasteiger partial charge in [0.25, 0.3) is 5.91 Å². The van der Waals surface area contributed by atoms with Crippen molar-refractivity contribution in [2.45, 2.75) is 24.8 Å². The lowest BCUT2D eigenvalue weighted by Gasteiger charge is -2.36. The number of halogens is 2. The van der Waals surface area contributed by atoms with Crippen LogP contribution in [0.5, 0.6) is 0 Å². The van der Waals surface area contributed by atoms with Gasteiger partial charge in [-0.3, -0.25) is 9.69 Å². The van der Waals surface area contributed by atoms with Crippen LogP contribution in [0.3, 0.4) is 0 Å². The molecule has 13 heteroatoms. The number of sulfonamides is 1. The van der Waals surface area contributed by atoms with Gasteiger partial charge in [0.2, 0.25) is 10.0 Å². The zero-order chi connectivity index (χ0) is 25.9. The predicted molar refractivity (Wildman–Crippen MR) is 137 cm³/mol. The first-order valence-corrected chi connectivity index (χ1v) is 13.1. The molecule has 1 aromatic carbocycles. The lowest BCUT2D eigenvalue weighted by molar-refractivity contribution is 0.101. The van der Waals surface area contributed by atoms with E-state index in [2.05, 4.69) is 29.0 Å². The van der Waals surface area contributed by atoms with Crippen LogP contribution in [0, 0.1) is 0 Å². The van der Waals surface area contributed by atoms with Crippen LogP contribution in [0.25, 0.3) is 0 Å². The van der Waals surface area contributed by atoms with Gasteiger partial charge >= 0.3 is 6.03 Å². The van der Waals surface area contributed by atoms with Crippen LogP contribution in [-0.4, -0.2) is 85.8 Å². The molecule has 1 saturated heterocycles. The van der Waals surface area contributed by atoms with Crippen LogP contribution in [0.4, 0.5) is 16.3 Å². The average Bonchev–Trinajstić information content (AvgIpc) is 2.83. The number of nitrogens with one attached hydrogen (secondary N) is 1. The number of nitrogens with zero attached hydrogens (tertiary/aromatic N) is 5. The van der Waals surface area contributed by atoms with Crippen molar-refractivity contribution in [1.82, 2.24) is 19.1 Å². The van der Waals surface area contributed by atoms with Gasteiger partial charge in [0.15, 0.2) is 5.82 Å². The number of carbonyl (C=O) groups is 2. The number of aromatic nitrogens is 1. The zero-order valence-corrected chi connectivity index (χ0v) is 22.2. The normalized spacial score (nSPS) is 14.9. The molecule has 10 nitrogen and oxygen atoms in total. The van der Waals surface area contributed by atoms with Crippen molar-refractivity contribution < 1.29 is 18.0 Å². The Morgan fingerprint density at radius 3 is 2.29 bits per heavy atom. The van der Waals surface area contributed by atoms with E-state index in [0.29, 0.717) is 24.2 Å². The highest BCUT2D eigenvalue weighted by Gasteiger charge is 2.28. The van der Waals surface area contributed by atoms with Crippen molar-refractivity contribution in [1.29, 1.82) is 0 Å². The Bertz CT molecular complexity index is 1180. The first-order chi connectivity index (χ1) is 16.4. The largest absolute Gasteiger partial charge is 0.322 e. The summed E-state index contributed by atoms with van der Waals surface area (Å²) in [5.74, 6) is -0.679. The van der Waals surface area contributed by atoms with Gasteiger partial charge in [-0.1, -0.05) is 11.6 Å². The Kier molecular flexibility index (Phi) is 8.60. The van der Waals surface area contributed by atoms with Crippen molar-refractivity contribution in [2.75, 3.05) is 50.0 Å². The van der Waals surface area contributed by atoms with E-state index < -0.39 is 22.0 Å². The first-order valence-electron chi connectivity index (χ1n) is 10.9. The number of hydrogen-bond acceptors (Lipinski definition) is 6. The number of benzene rings is 1. The number of piperazine rings is 1. The summed E-state index contributed by atoms with van der Waals surface area (Å²) < 4.78 is 27.2. The molecule has 2 heterocycles. The van der Waals surface area contributed by atoms with Gasteiger partial charge in [0.05, 0.1) is 21.2 Å². The molecular formula is C22H28Cl2N6O4S. The van der Waals surface area contributed by atoms with E-state index in [1.54, 1.807) is 4.90 Å². The second-order valence-electron chi connectivity index (χ2n) is 8.46. The zero-order valence-electron chi connectivity index (χ0n) is 19.9. The molecule has 1 N–H and O–H groups in total. The maximum Gasteiger partial charge on any atom is 0.321 e. The molecule has 1 aromatic heterocycles. The van der Waals surface area contributed by atoms with Crippen LogP contribution < -0.4 is 9.74 Å². The fourth-order valence-electron chi connectivity index (χ4n) is 3.51. The lowest BCUT2D eigenvalue weighted by atomic mass is 10.1. The van der Waals surface area contributed by atoms with Gasteiger partial charge in [0, 0.05) is 64.3 Å². The minimum absolute atomic E-state index is 0.0871. The molecule has 1 fully saturated rings. The highest BCUT2D eigenvalue weighted by molar-refractivity contribution is 7.89. The lowest BCUT2D eigenvalue weighted by Crippen LogP contribution is -2.51. The summed E-state index contributed by atoms with van der Waals surface area (Å²) in [5.41, 5.74) is 0.0254. The third kappa shape index (κ3) is 6.22. The fraction of sp³-hybridized carbons (Fsp3) is 0.409. The molecule has 2 aromatic rings. The van der Waals surface area contributed by atoms with Crippen LogP contribution in [-0.2, 0) is 10.0 Å². The van der Waals surface area contributed by atoms with Crippen molar-refractivity contribution in [3.63, 3.8) is 0 Å². The molecule has 35 heavy (non-hydrogen) atoms. The number of anilines is 2. The molecule has 0 atom stereocenters. The molecule has 1 aliphatic rings. The second-order valence-corrected chi connectivity index (χ2v) is 11.4. The SMILES string of the molecule is CC(C)N1CCN(C(=O)Nc2ccc(S(=O)(=O)N(C)C)cc2C(=O)N(Cl)c2ccc(Cl)cn2)CC1. The number of carbonyl (C=O) groups excluding carboxylic acids is 2. The summed E-state index contributed by atoms with van der Waals surface area (Å²) in [7, 11) is -1.08. The minimum atomic E-state index is -3.85. The highest BCUT2D eigenvalue weighted by atomic mass is 35.5. The number of urea groups is 1. The van der Waals surface area contributed by atoms with Crippen LogP contribution in [0.2, 0.25) is 5.02 Å². The molecule has 0 bridgehead atoms. The Hall–Kier alpha value is -2.44. The van der Waals surface area contributed by atoms with Crippen molar-refractivity contribution in [3.05, 3.63) is 47.1 Å². The Morgan fingerprint density at radius 2 is 1.74 bits per heavy atom. The Labute approximate surface area is 215 Å². The molecule has 0 saturated carbocycles. The van der Waals surface area contributed by atoms with E-state index in [0.717, 1.165) is 21.8 Å². The minimum Gasteiger partial charge on any atom is -0.322 e. The molecule has 0 unspecified atom stereocenters. The second kappa shape index (κ2) is 11.1. The molecule has 190 valence electrons. The van der Waals surface area contributed by atoms with E-state index in [4.69, 9.17) is 23.4 Å². The summed E-state index contributed by atoms with van der Waals surface area (Å²) in [6.07, 6.45) is 1.33. The van der Waals surface area contributed by atoms with E-state index in [1.165, 1.54) is 50.6 Å². The van der Waals surface area contributed by atoms with Gasteiger partial charge in [0.1, 0.15) is 0 Å². The van der Waals surface area contributed by atoms with Crippen molar-refractivity contribution >= 4 is 56.8 Å². The van der Waals surface area contributed by atoms with Crippen LogP contribution in [0.15, 0.2) is 41.4 Å². The monoisotopic (exact) mass is 542 g/mol. The van der Waals surface area contributed by atoms with E-state index in [9.17, 15) is 18.0 Å². The van der Waals surface area contributed by atoms with Gasteiger partial charge < -0.3 is 10.2 Å². The number of amides is 3. The summed E-state index contributed by atoms with van der Waals surface area (Å²) in [6.45, 7) is 6.71. The topological polar surface area (TPSA) is 106 Å². The summed E-state index contributed by atoms with van der Waals surface area (Å²) in [5, 5.41) is 3.10. The Morgan fingerprint density at radius 1 is 1.09 bits per heavy atom. The molecule has 3 rings (SSSR count). The fourth-order valence-corrected chi connectivity index (χ4v) is 4.74.